The molecule has 40 heavy (non-hydrogen) atoms. The number of benzene rings is 2. The first kappa shape index (κ1) is 28.4. The molecule has 3 aromatic rings. The summed E-state index contributed by atoms with van der Waals surface area (Å²) in [7, 11) is 1.63. The Morgan fingerprint density at radius 2 is 1.75 bits per heavy atom. The van der Waals surface area contributed by atoms with Gasteiger partial charge in [0.2, 0.25) is 17.8 Å². The van der Waals surface area contributed by atoms with E-state index in [-0.39, 0.29) is 17.2 Å². The number of amides is 2. The predicted octanol–water partition coefficient (Wildman–Crippen LogP) is 5.10. The highest BCUT2D eigenvalue weighted by Gasteiger charge is 2.29. The number of nitrogens with zero attached hydrogens (tertiary/aromatic N) is 4. The lowest BCUT2D eigenvalue weighted by molar-refractivity contribution is -0.139. The van der Waals surface area contributed by atoms with Crippen molar-refractivity contribution in [3.63, 3.8) is 0 Å². The fraction of sp³-hybridized carbons (Fsp3) is 0.333. The van der Waals surface area contributed by atoms with Gasteiger partial charge in [-0.05, 0) is 43.3 Å². The Morgan fingerprint density at radius 1 is 1.02 bits per heavy atom. The van der Waals surface area contributed by atoms with Gasteiger partial charge in [-0.2, -0.15) is 4.98 Å². The van der Waals surface area contributed by atoms with Gasteiger partial charge in [0, 0.05) is 66.5 Å². The molecule has 0 bridgehead atoms. The van der Waals surface area contributed by atoms with Crippen LogP contribution < -0.4 is 25.6 Å². The number of hydrogen-bond acceptors (Lipinski definition) is 8. The summed E-state index contributed by atoms with van der Waals surface area (Å²) in [4.78, 5) is 37.6. The smallest absolute Gasteiger partial charge is 0.247 e. The molecule has 4 rings (SSSR count). The van der Waals surface area contributed by atoms with Crippen LogP contribution >= 0.6 is 0 Å². The number of methoxy groups -OCH3 is 1. The lowest BCUT2D eigenvalue weighted by Gasteiger charge is -2.38. The summed E-state index contributed by atoms with van der Waals surface area (Å²) in [5.74, 6) is 1.60. The maximum absolute atomic E-state index is 12.6. The first-order valence-corrected chi connectivity index (χ1v) is 13.2. The van der Waals surface area contributed by atoms with E-state index in [2.05, 4.69) is 37.4 Å². The summed E-state index contributed by atoms with van der Waals surface area (Å²) < 4.78 is 5.69. The first-order valence-electron chi connectivity index (χ1n) is 13.2. The van der Waals surface area contributed by atoms with E-state index >= 15 is 0 Å². The average Bonchev–Trinajstić information content (AvgIpc) is 2.94. The Bertz CT molecular complexity index is 1390. The summed E-state index contributed by atoms with van der Waals surface area (Å²) in [6.07, 6.45) is 2.96. The van der Waals surface area contributed by atoms with Crippen molar-refractivity contribution in [3.8, 4) is 5.75 Å². The quantitative estimate of drug-likeness (QED) is 0.337. The molecule has 1 aliphatic heterocycles. The van der Waals surface area contributed by atoms with Gasteiger partial charge in [0.25, 0.3) is 0 Å². The SMILES string of the molecule is C=CC(=O)Nc1cccc(Nc2nc(Nc3ccc(N4CCN(C(=O)C(C)(C)C)CC4)cc3OC)ncc2C)c1. The summed E-state index contributed by atoms with van der Waals surface area (Å²) >= 11 is 0. The standard InChI is InChI=1S/C30H37N7O3/c1-7-26(38)32-21-9-8-10-22(17-21)33-27-20(2)19-31-29(35-27)34-24-12-11-23(18-25(24)40-6)36-13-15-37(16-14-36)28(39)30(3,4)5/h7-12,17-19H,1,13-16H2,2-6H3,(H,32,38)(H2,31,33,34,35). The molecule has 3 N–H and O–H groups in total. The van der Waals surface area contributed by atoms with Gasteiger partial charge in [-0.1, -0.05) is 33.4 Å². The van der Waals surface area contributed by atoms with Crippen molar-refractivity contribution < 1.29 is 14.3 Å². The van der Waals surface area contributed by atoms with Crippen molar-refractivity contribution in [2.24, 2.45) is 5.41 Å². The normalized spacial score (nSPS) is 13.4. The van der Waals surface area contributed by atoms with Gasteiger partial charge in [0.05, 0.1) is 12.8 Å². The van der Waals surface area contributed by atoms with Gasteiger partial charge >= 0.3 is 0 Å². The minimum atomic E-state index is -0.376. The third kappa shape index (κ3) is 6.88. The van der Waals surface area contributed by atoms with Crippen LogP contribution in [0.4, 0.5) is 34.5 Å². The molecule has 210 valence electrons. The van der Waals surface area contributed by atoms with Crippen LogP contribution in [-0.4, -0.2) is 60.0 Å². The van der Waals surface area contributed by atoms with Crippen molar-refractivity contribution in [2.45, 2.75) is 27.7 Å². The lowest BCUT2D eigenvalue weighted by Crippen LogP contribution is -2.51. The molecule has 0 spiro atoms. The predicted molar refractivity (Wildman–Crippen MR) is 160 cm³/mol. The number of ether oxygens (including phenoxy) is 1. The molecular weight excluding hydrogens is 506 g/mol. The number of aryl methyl sites for hydroxylation is 1. The van der Waals surface area contributed by atoms with Crippen molar-refractivity contribution >= 4 is 46.3 Å². The molecule has 10 nitrogen and oxygen atoms in total. The van der Waals surface area contributed by atoms with Crippen LogP contribution in [0.5, 0.6) is 5.75 Å². The van der Waals surface area contributed by atoms with E-state index in [0.717, 1.165) is 35.7 Å². The zero-order valence-electron chi connectivity index (χ0n) is 23.7. The third-order valence-corrected chi connectivity index (χ3v) is 6.56. The molecule has 1 saturated heterocycles. The average molecular weight is 544 g/mol. The maximum atomic E-state index is 12.6. The molecule has 1 aliphatic rings. The van der Waals surface area contributed by atoms with Crippen LogP contribution in [0.25, 0.3) is 0 Å². The summed E-state index contributed by atoms with van der Waals surface area (Å²) in [5, 5.41) is 9.31. The minimum Gasteiger partial charge on any atom is -0.494 e. The molecule has 2 amide bonds. The van der Waals surface area contributed by atoms with Gasteiger partial charge in [0.1, 0.15) is 11.6 Å². The molecule has 2 aromatic carbocycles. The Balaban J connectivity index is 1.46. The molecule has 1 fully saturated rings. The molecule has 2 heterocycles. The molecule has 0 aliphatic carbocycles. The number of anilines is 6. The Morgan fingerprint density at radius 3 is 2.42 bits per heavy atom. The summed E-state index contributed by atoms with van der Waals surface area (Å²) in [6, 6.07) is 13.3. The summed E-state index contributed by atoms with van der Waals surface area (Å²) in [5.41, 5.74) is 3.65. The molecule has 1 aromatic heterocycles. The maximum Gasteiger partial charge on any atom is 0.247 e. The van der Waals surface area contributed by atoms with Crippen molar-refractivity contribution in [1.82, 2.24) is 14.9 Å². The van der Waals surface area contributed by atoms with Crippen LogP contribution in [0.2, 0.25) is 0 Å². The van der Waals surface area contributed by atoms with Gasteiger partial charge in [-0.3, -0.25) is 9.59 Å². The molecular formula is C30H37N7O3. The highest BCUT2D eigenvalue weighted by Crippen LogP contribution is 2.33. The third-order valence-electron chi connectivity index (χ3n) is 6.56. The van der Waals surface area contributed by atoms with Crippen LogP contribution in [0.3, 0.4) is 0 Å². The number of nitrogens with one attached hydrogen (secondary N) is 3. The second kappa shape index (κ2) is 12.1. The molecule has 10 heteroatoms. The monoisotopic (exact) mass is 543 g/mol. The first-order chi connectivity index (χ1) is 19.1. The Hall–Kier alpha value is -4.60. The minimum absolute atomic E-state index is 0.184. The highest BCUT2D eigenvalue weighted by atomic mass is 16.5. The van der Waals surface area contributed by atoms with E-state index in [0.29, 0.717) is 36.3 Å². The van der Waals surface area contributed by atoms with Crippen LogP contribution in [0, 0.1) is 12.3 Å². The zero-order chi connectivity index (χ0) is 28.9. The Labute approximate surface area is 235 Å². The fourth-order valence-electron chi connectivity index (χ4n) is 4.38. The molecule has 0 radical (unpaired) electrons. The topological polar surface area (TPSA) is 112 Å². The van der Waals surface area contributed by atoms with Gasteiger partial charge in [-0.15, -0.1) is 0 Å². The highest BCUT2D eigenvalue weighted by molar-refractivity contribution is 5.99. The number of hydrogen-bond donors (Lipinski definition) is 3. The zero-order valence-corrected chi connectivity index (χ0v) is 23.7. The molecule has 0 saturated carbocycles. The van der Waals surface area contributed by atoms with E-state index < -0.39 is 0 Å². The number of aromatic nitrogens is 2. The number of rotatable bonds is 8. The largest absolute Gasteiger partial charge is 0.494 e. The van der Waals surface area contributed by atoms with Crippen LogP contribution in [0.1, 0.15) is 26.3 Å². The fourth-order valence-corrected chi connectivity index (χ4v) is 4.38. The van der Waals surface area contributed by atoms with E-state index in [1.165, 1.54) is 6.08 Å². The second-order valence-corrected chi connectivity index (χ2v) is 10.7. The Kier molecular flexibility index (Phi) is 8.57. The second-order valence-electron chi connectivity index (χ2n) is 10.7. The van der Waals surface area contributed by atoms with Crippen molar-refractivity contribution in [2.75, 3.05) is 54.1 Å². The number of carbonyl (C=O) groups is 2. The van der Waals surface area contributed by atoms with E-state index in [9.17, 15) is 9.59 Å². The van der Waals surface area contributed by atoms with Crippen LogP contribution in [-0.2, 0) is 9.59 Å². The van der Waals surface area contributed by atoms with E-state index in [1.54, 1.807) is 19.4 Å². The molecule has 0 unspecified atom stereocenters. The van der Waals surface area contributed by atoms with Gasteiger partial charge in [-0.25, -0.2) is 4.98 Å². The van der Waals surface area contributed by atoms with Gasteiger partial charge < -0.3 is 30.5 Å². The van der Waals surface area contributed by atoms with Crippen molar-refractivity contribution in [1.29, 1.82) is 0 Å². The summed E-state index contributed by atoms with van der Waals surface area (Å²) in [6.45, 7) is 14.2. The molecule has 0 atom stereocenters. The van der Waals surface area contributed by atoms with Crippen LogP contribution in [0.15, 0.2) is 61.3 Å². The van der Waals surface area contributed by atoms with E-state index in [1.807, 2.05) is 69.0 Å². The lowest BCUT2D eigenvalue weighted by atomic mass is 9.94. The van der Waals surface area contributed by atoms with E-state index in [4.69, 9.17) is 4.74 Å². The number of piperazine rings is 1. The van der Waals surface area contributed by atoms with Gasteiger partial charge in [0.15, 0.2) is 0 Å². The number of carbonyl (C=O) groups excluding carboxylic acids is 2. The van der Waals surface area contributed by atoms with Crippen molar-refractivity contribution in [3.05, 3.63) is 66.9 Å².